The van der Waals surface area contributed by atoms with Crippen LogP contribution in [0, 0.1) is 11.8 Å². The molecular formula is C14H23N3. The highest BCUT2D eigenvalue weighted by Crippen LogP contribution is 2.61. The van der Waals surface area contributed by atoms with Gasteiger partial charge in [-0.25, -0.2) is 0 Å². The molecule has 0 N–H and O–H groups in total. The van der Waals surface area contributed by atoms with Gasteiger partial charge in [0.1, 0.15) is 0 Å². The van der Waals surface area contributed by atoms with Crippen LogP contribution in [0.5, 0.6) is 0 Å². The molecule has 5 saturated heterocycles. The highest BCUT2D eigenvalue weighted by molar-refractivity contribution is 5.21. The monoisotopic (exact) mass is 233 g/mol. The van der Waals surface area contributed by atoms with Crippen LogP contribution < -0.4 is 0 Å². The molecular weight excluding hydrogens is 210 g/mol. The fourth-order valence-corrected chi connectivity index (χ4v) is 5.85. The van der Waals surface area contributed by atoms with Gasteiger partial charge >= 0.3 is 0 Å². The maximum Gasteiger partial charge on any atom is 0.0773 e. The van der Waals surface area contributed by atoms with Gasteiger partial charge in [0.2, 0.25) is 0 Å². The van der Waals surface area contributed by atoms with E-state index >= 15 is 0 Å². The molecule has 0 aromatic heterocycles. The van der Waals surface area contributed by atoms with Crippen molar-refractivity contribution in [1.82, 2.24) is 14.7 Å². The Morgan fingerprint density at radius 1 is 0.882 bits per heavy atom. The van der Waals surface area contributed by atoms with E-state index in [2.05, 4.69) is 21.7 Å². The molecule has 4 unspecified atom stereocenters. The Morgan fingerprint density at radius 3 is 2.06 bits per heavy atom. The lowest BCUT2D eigenvalue weighted by Crippen LogP contribution is -2.81. The standard InChI is InChI=1S/C14H23N3/c1-15-6-10-8-16(9-11(10)7-15)14-4-12-2-3-13(5-14)17(12)14/h10-13H,2-9H2,1H3. The minimum atomic E-state index is 0.578. The third-order valence-corrected chi connectivity index (χ3v) is 6.48. The van der Waals surface area contributed by atoms with Gasteiger partial charge < -0.3 is 4.90 Å². The van der Waals surface area contributed by atoms with Crippen molar-refractivity contribution in [3.8, 4) is 0 Å². The first-order chi connectivity index (χ1) is 8.26. The zero-order valence-electron chi connectivity index (χ0n) is 10.8. The third kappa shape index (κ3) is 1.02. The Hall–Kier alpha value is -0.120. The molecule has 17 heavy (non-hydrogen) atoms. The molecule has 5 heterocycles. The van der Waals surface area contributed by atoms with Gasteiger partial charge in [-0.15, -0.1) is 0 Å². The van der Waals surface area contributed by atoms with E-state index in [4.69, 9.17) is 0 Å². The summed E-state index contributed by atoms with van der Waals surface area (Å²) in [6.07, 6.45) is 5.99. The Labute approximate surface area is 104 Å². The summed E-state index contributed by atoms with van der Waals surface area (Å²) in [5.74, 6) is 1.96. The minimum Gasteiger partial charge on any atom is -0.306 e. The second-order valence-corrected chi connectivity index (χ2v) is 7.33. The molecule has 3 nitrogen and oxygen atoms in total. The maximum atomic E-state index is 2.89. The normalized spacial score (nSPS) is 57.7. The van der Waals surface area contributed by atoms with Crippen LogP contribution in [0.4, 0.5) is 0 Å². The van der Waals surface area contributed by atoms with E-state index < -0.39 is 0 Å². The molecule has 94 valence electrons. The predicted molar refractivity (Wildman–Crippen MR) is 66.7 cm³/mol. The second-order valence-electron chi connectivity index (χ2n) is 7.33. The number of likely N-dealkylation sites (tertiary alicyclic amines) is 2. The van der Waals surface area contributed by atoms with E-state index in [9.17, 15) is 0 Å². The minimum absolute atomic E-state index is 0.578. The lowest BCUT2D eigenvalue weighted by Gasteiger charge is -2.70. The van der Waals surface area contributed by atoms with E-state index in [0.29, 0.717) is 5.66 Å². The van der Waals surface area contributed by atoms with Gasteiger partial charge in [-0.2, -0.15) is 0 Å². The van der Waals surface area contributed by atoms with Gasteiger partial charge in [-0.3, -0.25) is 9.80 Å². The first kappa shape index (κ1) is 9.76. The molecule has 5 rings (SSSR count). The van der Waals surface area contributed by atoms with Crippen molar-refractivity contribution >= 4 is 0 Å². The highest BCUT2D eigenvalue weighted by Gasteiger charge is 2.69. The van der Waals surface area contributed by atoms with E-state index in [1.54, 1.807) is 0 Å². The molecule has 0 amide bonds. The quantitative estimate of drug-likeness (QED) is 0.664. The fraction of sp³-hybridized carbons (Fsp3) is 1.00. The Bertz CT molecular complexity index is 340. The first-order valence-corrected chi connectivity index (χ1v) is 7.48. The van der Waals surface area contributed by atoms with Crippen molar-refractivity contribution in [3.05, 3.63) is 0 Å². The van der Waals surface area contributed by atoms with Crippen LogP contribution in [0.3, 0.4) is 0 Å². The van der Waals surface area contributed by atoms with Crippen molar-refractivity contribution in [2.45, 2.75) is 43.4 Å². The molecule has 0 aliphatic carbocycles. The summed E-state index contributed by atoms with van der Waals surface area (Å²) in [6, 6.07) is 1.97. The average Bonchev–Trinajstić information content (AvgIpc) is 2.77. The summed E-state index contributed by atoms with van der Waals surface area (Å²) in [7, 11) is 2.29. The van der Waals surface area contributed by atoms with E-state index in [1.165, 1.54) is 51.9 Å². The van der Waals surface area contributed by atoms with Gasteiger partial charge in [-0.05, 0) is 44.6 Å². The molecule has 0 bridgehead atoms. The molecule has 5 aliphatic heterocycles. The van der Waals surface area contributed by atoms with Gasteiger partial charge in [0.25, 0.3) is 0 Å². The largest absolute Gasteiger partial charge is 0.306 e. The highest BCUT2D eigenvalue weighted by atomic mass is 15.5. The van der Waals surface area contributed by atoms with Crippen LogP contribution in [0.15, 0.2) is 0 Å². The Morgan fingerprint density at radius 2 is 1.47 bits per heavy atom. The maximum absolute atomic E-state index is 2.89. The zero-order chi connectivity index (χ0) is 11.2. The summed E-state index contributed by atoms with van der Waals surface area (Å²) >= 11 is 0. The van der Waals surface area contributed by atoms with Crippen molar-refractivity contribution in [1.29, 1.82) is 0 Å². The number of fused-ring (bicyclic) bond motifs is 1. The van der Waals surface area contributed by atoms with Crippen molar-refractivity contribution in [2.75, 3.05) is 33.2 Å². The topological polar surface area (TPSA) is 9.72 Å². The molecule has 5 aliphatic rings. The Kier molecular flexibility index (Phi) is 1.66. The number of rotatable bonds is 1. The Balaban J connectivity index is 1.36. The number of hydrogen-bond donors (Lipinski definition) is 0. The number of nitrogens with zero attached hydrogens (tertiary/aromatic N) is 3. The molecule has 0 saturated carbocycles. The first-order valence-electron chi connectivity index (χ1n) is 7.48. The van der Waals surface area contributed by atoms with E-state index in [1.807, 2.05) is 0 Å². The molecule has 0 aromatic carbocycles. The van der Waals surface area contributed by atoms with Crippen LogP contribution in [0.2, 0.25) is 0 Å². The van der Waals surface area contributed by atoms with Crippen molar-refractivity contribution < 1.29 is 0 Å². The molecule has 0 radical (unpaired) electrons. The summed E-state index contributed by atoms with van der Waals surface area (Å²) in [4.78, 5) is 8.30. The van der Waals surface area contributed by atoms with Crippen molar-refractivity contribution in [2.24, 2.45) is 11.8 Å². The van der Waals surface area contributed by atoms with E-state index in [-0.39, 0.29) is 0 Å². The molecule has 4 atom stereocenters. The van der Waals surface area contributed by atoms with E-state index in [0.717, 1.165) is 23.9 Å². The van der Waals surface area contributed by atoms with Crippen LogP contribution in [-0.4, -0.2) is 65.7 Å². The summed E-state index contributed by atoms with van der Waals surface area (Å²) < 4.78 is 0. The number of hydrogen-bond acceptors (Lipinski definition) is 3. The third-order valence-electron chi connectivity index (χ3n) is 6.48. The fourth-order valence-electron chi connectivity index (χ4n) is 5.85. The average molecular weight is 233 g/mol. The van der Waals surface area contributed by atoms with Crippen molar-refractivity contribution in [3.63, 3.8) is 0 Å². The molecule has 0 aromatic rings. The van der Waals surface area contributed by atoms with Crippen LogP contribution in [0.25, 0.3) is 0 Å². The zero-order valence-corrected chi connectivity index (χ0v) is 10.8. The molecule has 3 heteroatoms. The summed E-state index contributed by atoms with van der Waals surface area (Å²) in [5, 5.41) is 0. The smallest absolute Gasteiger partial charge is 0.0773 e. The molecule has 0 spiro atoms. The number of piperidine rings is 1. The molecule has 5 fully saturated rings. The van der Waals surface area contributed by atoms with Gasteiger partial charge in [0, 0.05) is 38.3 Å². The van der Waals surface area contributed by atoms with Crippen LogP contribution in [0.1, 0.15) is 25.7 Å². The lowest BCUT2D eigenvalue weighted by atomic mass is 9.74. The van der Waals surface area contributed by atoms with Crippen LogP contribution in [-0.2, 0) is 0 Å². The van der Waals surface area contributed by atoms with Gasteiger partial charge in [0.05, 0.1) is 5.66 Å². The lowest BCUT2D eigenvalue weighted by molar-refractivity contribution is -0.245. The predicted octanol–water partition coefficient (Wildman–Crippen LogP) is 0.817. The summed E-state index contributed by atoms with van der Waals surface area (Å²) in [6.45, 7) is 5.49. The summed E-state index contributed by atoms with van der Waals surface area (Å²) in [5.41, 5.74) is 0.578. The second kappa shape index (κ2) is 2.89. The van der Waals surface area contributed by atoms with Gasteiger partial charge in [-0.1, -0.05) is 0 Å². The van der Waals surface area contributed by atoms with Gasteiger partial charge in [0.15, 0.2) is 0 Å². The SMILES string of the molecule is CN1CC2CN(C34CC5CCC(C3)N54)CC2C1. The van der Waals surface area contributed by atoms with Crippen LogP contribution >= 0.6 is 0 Å².